The minimum Gasteiger partial charge on any atom is -0.495 e. The van der Waals surface area contributed by atoms with E-state index in [9.17, 15) is 14.4 Å². The van der Waals surface area contributed by atoms with Crippen molar-refractivity contribution in [1.29, 1.82) is 0 Å². The van der Waals surface area contributed by atoms with Crippen LogP contribution in [0.1, 0.15) is 26.3 Å². The van der Waals surface area contributed by atoms with Crippen molar-refractivity contribution in [3.8, 4) is 5.75 Å². The number of benzene rings is 1. The lowest BCUT2D eigenvalue weighted by Crippen LogP contribution is -2.37. The van der Waals surface area contributed by atoms with E-state index in [0.29, 0.717) is 16.3 Å². The summed E-state index contributed by atoms with van der Waals surface area (Å²) in [6.07, 6.45) is 1.55. The predicted molar refractivity (Wildman–Crippen MR) is 96.5 cm³/mol. The fourth-order valence-electron chi connectivity index (χ4n) is 2.06. The summed E-state index contributed by atoms with van der Waals surface area (Å²) in [5, 5.41) is -0.119. The first-order valence-corrected chi connectivity index (χ1v) is 8.61. The average Bonchev–Trinajstić information content (AvgIpc) is 2.73. The van der Waals surface area contributed by atoms with Gasteiger partial charge in [0, 0.05) is 0 Å². The number of esters is 1. The van der Waals surface area contributed by atoms with Crippen LogP contribution in [-0.4, -0.2) is 41.3 Å². The van der Waals surface area contributed by atoms with Gasteiger partial charge in [0.25, 0.3) is 11.1 Å². The molecule has 0 bridgehead atoms. The van der Waals surface area contributed by atoms with E-state index in [0.717, 1.165) is 16.7 Å². The standard InChI is InChI=1S/C17H18ClNO5S/c1-17(2,3)24-14(20)9-19-15(21)13(25-16(19)22)8-10-5-6-12(23-4)11(18)7-10/h5-8H,9H2,1-4H3/b13-8-. The van der Waals surface area contributed by atoms with Crippen LogP contribution in [0.15, 0.2) is 23.1 Å². The van der Waals surface area contributed by atoms with E-state index in [1.54, 1.807) is 45.0 Å². The highest BCUT2D eigenvalue weighted by Gasteiger charge is 2.37. The molecule has 2 rings (SSSR count). The molecule has 8 heteroatoms. The minimum atomic E-state index is -0.686. The van der Waals surface area contributed by atoms with Crippen LogP contribution in [0.5, 0.6) is 5.75 Å². The zero-order valence-corrected chi connectivity index (χ0v) is 15.9. The van der Waals surface area contributed by atoms with Gasteiger partial charge in [0.05, 0.1) is 17.0 Å². The fraction of sp³-hybridized carbons (Fsp3) is 0.353. The van der Waals surface area contributed by atoms with E-state index in [-0.39, 0.29) is 4.91 Å². The summed E-state index contributed by atoms with van der Waals surface area (Å²) in [5.74, 6) is -0.659. The van der Waals surface area contributed by atoms with Crippen molar-refractivity contribution < 1.29 is 23.9 Å². The maximum Gasteiger partial charge on any atom is 0.326 e. The molecular formula is C17H18ClNO5S. The van der Waals surface area contributed by atoms with Crippen LogP contribution in [-0.2, 0) is 14.3 Å². The first kappa shape index (κ1) is 19.3. The molecule has 0 N–H and O–H groups in total. The number of thioether (sulfide) groups is 1. The van der Waals surface area contributed by atoms with E-state index >= 15 is 0 Å². The number of ether oxygens (including phenoxy) is 2. The molecule has 0 saturated carbocycles. The van der Waals surface area contributed by atoms with Gasteiger partial charge in [0.1, 0.15) is 17.9 Å². The second kappa shape index (κ2) is 7.49. The predicted octanol–water partition coefficient (Wildman–Crippen LogP) is 3.73. The lowest BCUT2D eigenvalue weighted by molar-refractivity contribution is -0.156. The van der Waals surface area contributed by atoms with Gasteiger partial charge in [-0.05, 0) is 56.3 Å². The number of nitrogens with zero attached hydrogens (tertiary/aromatic N) is 1. The molecule has 1 aromatic rings. The van der Waals surface area contributed by atoms with Crippen LogP contribution in [0.4, 0.5) is 4.79 Å². The third-order valence-corrected chi connectivity index (χ3v) is 4.26. The molecule has 0 spiro atoms. The van der Waals surface area contributed by atoms with Gasteiger partial charge < -0.3 is 9.47 Å². The lowest BCUT2D eigenvalue weighted by atomic mass is 10.2. The number of halogens is 1. The Balaban J connectivity index is 2.15. The van der Waals surface area contributed by atoms with E-state index in [4.69, 9.17) is 21.1 Å². The first-order valence-electron chi connectivity index (χ1n) is 7.41. The van der Waals surface area contributed by atoms with Crippen molar-refractivity contribution in [1.82, 2.24) is 4.90 Å². The number of hydrogen-bond donors (Lipinski definition) is 0. The van der Waals surface area contributed by atoms with Crippen molar-refractivity contribution in [2.45, 2.75) is 26.4 Å². The molecule has 0 radical (unpaired) electrons. The smallest absolute Gasteiger partial charge is 0.326 e. The van der Waals surface area contributed by atoms with E-state index in [1.165, 1.54) is 7.11 Å². The Hall–Kier alpha value is -1.99. The Morgan fingerprint density at radius 3 is 2.56 bits per heavy atom. The molecule has 1 aliphatic rings. The monoisotopic (exact) mass is 383 g/mol. The maximum atomic E-state index is 12.4. The zero-order chi connectivity index (χ0) is 18.8. The van der Waals surface area contributed by atoms with Crippen molar-refractivity contribution in [3.63, 3.8) is 0 Å². The van der Waals surface area contributed by atoms with Crippen LogP contribution in [0.25, 0.3) is 6.08 Å². The van der Waals surface area contributed by atoms with Crippen LogP contribution in [0.2, 0.25) is 5.02 Å². The molecule has 1 aliphatic heterocycles. The van der Waals surface area contributed by atoms with Gasteiger partial charge in [0.2, 0.25) is 0 Å². The van der Waals surface area contributed by atoms with Gasteiger partial charge >= 0.3 is 5.97 Å². The van der Waals surface area contributed by atoms with Crippen LogP contribution in [0, 0.1) is 0 Å². The second-order valence-corrected chi connectivity index (χ2v) is 7.65. The van der Waals surface area contributed by atoms with Gasteiger partial charge in [-0.1, -0.05) is 17.7 Å². The molecule has 0 atom stereocenters. The molecule has 1 aromatic carbocycles. The summed E-state index contributed by atoms with van der Waals surface area (Å²) in [5.41, 5.74) is -0.0391. The van der Waals surface area contributed by atoms with Crippen molar-refractivity contribution in [2.24, 2.45) is 0 Å². The second-order valence-electron chi connectivity index (χ2n) is 6.25. The summed E-state index contributed by atoms with van der Waals surface area (Å²) < 4.78 is 10.2. The molecule has 0 aliphatic carbocycles. The molecule has 0 aromatic heterocycles. The SMILES string of the molecule is COc1ccc(/C=C2\SC(=O)N(CC(=O)OC(C)(C)C)C2=O)cc1Cl. The van der Waals surface area contributed by atoms with Gasteiger partial charge in [-0.25, -0.2) is 0 Å². The third-order valence-electron chi connectivity index (χ3n) is 3.05. The summed E-state index contributed by atoms with van der Waals surface area (Å²) >= 11 is 6.82. The van der Waals surface area contributed by atoms with E-state index in [2.05, 4.69) is 0 Å². The normalized spacial score (nSPS) is 16.5. The summed E-state index contributed by atoms with van der Waals surface area (Å²) in [6, 6.07) is 5.01. The topological polar surface area (TPSA) is 72.9 Å². The van der Waals surface area contributed by atoms with Crippen LogP contribution < -0.4 is 4.74 Å². The number of imide groups is 1. The van der Waals surface area contributed by atoms with E-state index < -0.39 is 29.3 Å². The highest BCUT2D eigenvalue weighted by Crippen LogP contribution is 2.33. The number of rotatable bonds is 4. The summed E-state index contributed by atoms with van der Waals surface area (Å²) in [6.45, 7) is 4.73. The number of carbonyl (C=O) groups excluding carboxylic acids is 3. The third kappa shape index (κ3) is 4.99. The van der Waals surface area contributed by atoms with Crippen LogP contribution in [0.3, 0.4) is 0 Å². The Kier molecular flexibility index (Phi) is 5.80. The summed E-state index contributed by atoms with van der Waals surface area (Å²) in [4.78, 5) is 37.4. The highest BCUT2D eigenvalue weighted by molar-refractivity contribution is 8.18. The molecule has 25 heavy (non-hydrogen) atoms. The molecular weight excluding hydrogens is 366 g/mol. The molecule has 0 unspecified atom stereocenters. The number of amides is 2. The van der Waals surface area contributed by atoms with Gasteiger partial charge in [-0.3, -0.25) is 19.3 Å². The fourth-order valence-corrected chi connectivity index (χ4v) is 3.17. The molecule has 6 nitrogen and oxygen atoms in total. The molecule has 134 valence electrons. The number of carbonyl (C=O) groups is 3. The van der Waals surface area contributed by atoms with Gasteiger partial charge in [0.15, 0.2) is 0 Å². The molecule has 1 heterocycles. The van der Waals surface area contributed by atoms with Gasteiger partial charge in [-0.15, -0.1) is 0 Å². The van der Waals surface area contributed by atoms with Crippen molar-refractivity contribution >= 4 is 46.6 Å². The molecule has 1 fully saturated rings. The average molecular weight is 384 g/mol. The van der Waals surface area contributed by atoms with E-state index in [1.807, 2.05) is 0 Å². The molecule has 1 saturated heterocycles. The summed E-state index contributed by atoms with van der Waals surface area (Å²) in [7, 11) is 1.50. The zero-order valence-electron chi connectivity index (χ0n) is 14.3. The lowest BCUT2D eigenvalue weighted by Gasteiger charge is -2.21. The first-order chi connectivity index (χ1) is 11.6. The maximum absolute atomic E-state index is 12.4. The van der Waals surface area contributed by atoms with Crippen LogP contribution >= 0.6 is 23.4 Å². The Morgan fingerprint density at radius 2 is 2.00 bits per heavy atom. The number of hydrogen-bond acceptors (Lipinski definition) is 6. The van der Waals surface area contributed by atoms with Crippen molar-refractivity contribution in [2.75, 3.05) is 13.7 Å². The quantitative estimate of drug-likeness (QED) is 0.582. The largest absolute Gasteiger partial charge is 0.495 e. The minimum absolute atomic E-state index is 0.217. The van der Waals surface area contributed by atoms with Gasteiger partial charge in [-0.2, -0.15) is 0 Å². The molecule has 2 amide bonds. The number of methoxy groups -OCH3 is 1. The Morgan fingerprint density at radius 1 is 1.32 bits per heavy atom. The Labute approximate surface area is 155 Å². The van der Waals surface area contributed by atoms with Crippen molar-refractivity contribution in [3.05, 3.63) is 33.7 Å². The Bertz CT molecular complexity index is 754. The highest BCUT2D eigenvalue weighted by atomic mass is 35.5.